The molecule has 1 N–H and O–H groups in total. The van der Waals surface area contributed by atoms with Crippen LogP contribution in [0.1, 0.15) is 0 Å². The van der Waals surface area contributed by atoms with E-state index in [-0.39, 0.29) is 72.9 Å². The second kappa shape index (κ2) is 14.7. The molecule has 11 heteroatoms. The molecule has 0 aliphatic rings. The topological polar surface area (TPSA) is 147 Å². The van der Waals surface area contributed by atoms with Gasteiger partial charge in [-0.2, -0.15) is 0 Å². The molecule has 0 rings (SSSR count). The Labute approximate surface area is 154 Å². The van der Waals surface area contributed by atoms with E-state index in [4.69, 9.17) is 5.11 Å². The maximum atomic E-state index is 10.4. The quantitative estimate of drug-likeness (QED) is 0.357. The van der Waals surface area contributed by atoms with Crippen LogP contribution >= 0.6 is 0 Å². The van der Waals surface area contributed by atoms with Crippen molar-refractivity contribution < 1.29 is 81.4 Å². The first-order chi connectivity index (χ1) is 8.85. The molecule has 0 aromatic heterocycles. The maximum absolute atomic E-state index is 10.4. The molecule has 0 aromatic carbocycles. The number of carboxylic acid groups (broad SMARTS) is 3. The average molecular weight is 354 g/mol. The van der Waals surface area contributed by atoms with Gasteiger partial charge in [0.05, 0.1) is 24.5 Å². The molecule has 0 bridgehead atoms. The molecule has 0 heterocycles. The Morgan fingerprint density at radius 1 is 0.762 bits per heavy atom. The van der Waals surface area contributed by atoms with Gasteiger partial charge in [0.2, 0.25) is 0 Å². The van der Waals surface area contributed by atoms with Crippen LogP contribution in [0.5, 0.6) is 0 Å². The van der Waals surface area contributed by atoms with Crippen LogP contribution in [0.2, 0.25) is 0 Å². The normalized spacial score (nSPS) is 9.86. The molecule has 0 saturated heterocycles. The number of aliphatic carboxylic acids is 3. The second-order valence-corrected chi connectivity index (χ2v) is 3.83. The van der Waals surface area contributed by atoms with Crippen molar-refractivity contribution in [1.29, 1.82) is 0 Å². The summed E-state index contributed by atoms with van der Waals surface area (Å²) in [5.74, 6) is -4.25. The first-order valence-electron chi connectivity index (χ1n) is 5.50. The minimum absolute atomic E-state index is 0. The molecule has 0 spiro atoms. The number of hydrogen-bond acceptors (Lipinski definition) is 9. The Hall–Kier alpha value is -0.191. The van der Waals surface area contributed by atoms with Gasteiger partial charge in [0.25, 0.3) is 0 Å². The number of rotatable bonds is 11. The van der Waals surface area contributed by atoms with Crippen molar-refractivity contribution >= 4 is 17.9 Å². The average Bonchev–Trinajstić information content (AvgIpc) is 2.23. The molecule has 0 aliphatic carbocycles. The number of hydrogen-bond donors (Lipinski definition) is 1. The predicted molar refractivity (Wildman–Crippen MR) is 55.0 cm³/mol. The monoisotopic (exact) mass is 354 g/mol. The van der Waals surface area contributed by atoms with E-state index in [0.29, 0.717) is 0 Å². The fraction of sp³-hybridized carbons (Fsp3) is 0.700. The van der Waals surface area contributed by atoms with Gasteiger partial charge in [-0.3, -0.25) is 9.80 Å². The van der Waals surface area contributed by atoms with Crippen molar-refractivity contribution in [3.8, 4) is 0 Å². The van der Waals surface area contributed by atoms with E-state index in [1.807, 2.05) is 0 Å². The summed E-state index contributed by atoms with van der Waals surface area (Å²) in [6, 6.07) is 0. The van der Waals surface area contributed by atoms with Gasteiger partial charge >= 0.3 is 46.6 Å². The number of aliphatic hydroxyl groups is 1. The van der Waals surface area contributed by atoms with Crippen molar-refractivity contribution in [3.63, 3.8) is 0 Å². The van der Waals surface area contributed by atoms with E-state index in [1.165, 1.54) is 4.90 Å². The van der Waals surface area contributed by atoms with Gasteiger partial charge in [-0.05, 0) is 0 Å². The van der Waals surface area contributed by atoms with E-state index in [0.717, 1.165) is 4.90 Å². The first kappa shape index (κ1) is 25.7. The number of carboxylic acids is 3. The predicted octanol–water partition coefficient (Wildman–Crippen LogP) is -9.17. The van der Waals surface area contributed by atoms with Crippen molar-refractivity contribution in [2.24, 2.45) is 0 Å². The second-order valence-electron chi connectivity index (χ2n) is 3.83. The zero-order valence-electron chi connectivity index (χ0n) is 11.6. The zero-order valence-corrected chi connectivity index (χ0v) is 14.7. The molecule has 0 saturated carbocycles. The van der Waals surface area contributed by atoms with Crippen molar-refractivity contribution in [2.45, 2.75) is 0 Å². The minimum Gasteiger partial charge on any atom is -0.549 e. The van der Waals surface area contributed by atoms with E-state index >= 15 is 0 Å². The molecular formula is C10H15FeN2NaO7. The van der Waals surface area contributed by atoms with Gasteiger partial charge in [0.1, 0.15) is 0 Å². The van der Waals surface area contributed by atoms with Crippen LogP contribution in [0.3, 0.4) is 0 Å². The third-order valence-electron chi connectivity index (χ3n) is 2.21. The van der Waals surface area contributed by atoms with Gasteiger partial charge in [0, 0.05) is 39.3 Å². The maximum Gasteiger partial charge on any atom is 2.00 e. The molecule has 0 amide bonds. The third-order valence-corrected chi connectivity index (χ3v) is 2.21. The Balaban J connectivity index is -0.00000162. The van der Waals surface area contributed by atoms with Crippen LogP contribution in [0.25, 0.3) is 0 Å². The number of carbonyl (C=O) groups is 3. The molecule has 9 nitrogen and oxygen atoms in total. The summed E-state index contributed by atoms with van der Waals surface area (Å²) >= 11 is 0. The fourth-order valence-electron chi connectivity index (χ4n) is 1.46. The smallest absolute Gasteiger partial charge is 0.549 e. The summed E-state index contributed by atoms with van der Waals surface area (Å²) in [5, 5.41) is 40.0. The molecule has 0 aromatic rings. The standard InChI is InChI=1S/C10H18N2O7.Fe.Na/c13-4-3-11(5-8(14)15)1-2-12(6-9(16)17)7-10(18)19;;/h13H,1-7H2,(H,14,15)(H,16,17)(H,18,19);;/q;+2;+1/p-3. The van der Waals surface area contributed by atoms with E-state index in [2.05, 4.69) is 0 Å². The summed E-state index contributed by atoms with van der Waals surface area (Å²) in [7, 11) is 0. The zero-order chi connectivity index (χ0) is 14.8. The molecule has 21 heavy (non-hydrogen) atoms. The number of nitrogens with zero attached hydrogens (tertiary/aromatic N) is 2. The summed E-state index contributed by atoms with van der Waals surface area (Å²) in [6.45, 7) is -1.83. The van der Waals surface area contributed by atoms with Crippen LogP contribution in [-0.4, -0.2) is 78.7 Å². The molecule has 0 unspecified atom stereocenters. The van der Waals surface area contributed by atoms with Gasteiger partial charge in [-0.25, -0.2) is 0 Å². The van der Waals surface area contributed by atoms with E-state index < -0.39 is 37.5 Å². The van der Waals surface area contributed by atoms with Gasteiger partial charge in [-0.15, -0.1) is 0 Å². The summed E-state index contributed by atoms with van der Waals surface area (Å²) in [6.07, 6.45) is 0. The molecule has 0 aliphatic heterocycles. The van der Waals surface area contributed by atoms with Gasteiger partial charge in [-0.1, -0.05) is 0 Å². The Bertz CT molecular complexity index is 317. The molecule has 0 atom stereocenters. The Kier molecular flexibility index (Phi) is 18.1. The SMILES string of the molecule is O=C([O-])CN(CCO)CCN(CC(=O)[O-])CC(=O)[O-].[Fe+2].[Na+]. The van der Waals surface area contributed by atoms with Gasteiger partial charge in [0.15, 0.2) is 0 Å². The summed E-state index contributed by atoms with van der Waals surface area (Å²) < 4.78 is 0. The van der Waals surface area contributed by atoms with Crippen molar-refractivity contribution in [2.75, 3.05) is 45.9 Å². The van der Waals surface area contributed by atoms with Crippen LogP contribution in [0.15, 0.2) is 0 Å². The van der Waals surface area contributed by atoms with Crippen LogP contribution < -0.4 is 44.9 Å². The Morgan fingerprint density at radius 3 is 1.43 bits per heavy atom. The third kappa shape index (κ3) is 16.0. The van der Waals surface area contributed by atoms with Crippen LogP contribution in [-0.2, 0) is 31.5 Å². The largest absolute Gasteiger partial charge is 2.00 e. The van der Waals surface area contributed by atoms with Gasteiger partial charge < -0.3 is 34.8 Å². The van der Waals surface area contributed by atoms with E-state index in [9.17, 15) is 29.7 Å². The number of carbonyl (C=O) groups excluding carboxylic acids is 3. The summed E-state index contributed by atoms with van der Waals surface area (Å²) in [5.41, 5.74) is 0. The van der Waals surface area contributed by atoms with Crippen molar-refractivity contribution in [3.05, 3.63) is 0 Å². The Morgan fingerprint density at radius 2 is 1.10 bits per heavy atom. The molecule has 0 radical (unpaired) electrons. The number of aliphatic hydroxyl groups excluding tert-OH is 1. The van der Waals surface area contributed by atoms with E-state index in [1.54, 1.807) is 0 Å². The molecule has 116 valence electrons. The van der Waals surface area contributed by atoms with Crippen LogP contribution in [0, 0.1) is 0 Å². The fourth-order valence-corrected chi connectivity index (χ4v) is 1.46. The van der Waals surface area contributed by atoms with Crippen LogP contribution in [0.4, 0.5) is 0 Å². The summed E-state index contributed by atoms with van der Waals surface area (Å²) in [4.78, 5) is 33.6. The first-order valence-corrected chi connectivity index (χ1v) is 5.50. The molecular weight excluding hydrogens is 339 g/mol. The minimum atomic E-state index is -1.45. The molecule has 0 fully saturated rings. The van der Waals surface area contributed by atoms with Crippen molar-refractivity contribution in [1.82, 2.24) is 9.80 Å².